The molecule has 0 atom stereocenters. The molecule has 0 aromatic carbocycles. The number of oxazole rings is 1. The molecule has 0 bridgehead atoms. The van der Waals surface area contributed by atoms with E-state index in [4.69, 9.17) is 4.42 Å². The molecule has 0 saturated carbocycles. The number of rotatable bonds is 7. The molecule has 0 saturated heterocycles. The molecule has 2 heterocycles. The first-order valence-corrected chi connectivity index (χ1v) is 8.10. The van der Waals surface area contributed by atoms with Gasteiger partial charge >= 0.3 is 0 Å². The Balaban J connectivity index is 1.83. The number of nitrogens with one attached hydrogen (secondary N) is 1. The molecule has 20 heavy (non-hydrogen) atoms. The quantitative estimate of drug-likeness (QED) is 0.777. The number of aromatic nitrogens is 1. The average Bonchev–Trinajstić information content (AvgIpc) is 2.97. The van der Waals surface area contributed by atoms with E-state index in [1.165, 1.54) is 15.3 Å². The van der Waals surface area contributed by atoms with Crippen LogP contribution in [0.15, 0.2) is 16.7 Å². The molecule has 0 spiro atoms. The zero-order chi connectivity index (χ0) is 14.5. The van der Waals surface area contributed by atoms with Gasteiger partial charge in [-0.05, 0) is 50.9 Å². The van der Waals surface area contributed by atoms with Gasteiger partial charge in [-0.2, -0.15) is 0 Å². The highest BCUT2D eigenvalue weighted by Crippen LogP contribution is 2.31. The van der Waals surface area contributed by atoms with Crippen LogP contribution in [0, 0.1) is 19.8 Å². The number of aryl methyl sites for hydroxylation is 3. The van der Waals surface area contributed by atoms with Crippen molar-refractivity contribution in [2.24, 2.45) is 5.92 Å². The van der Waals surface area contributed by atoms with Crippen molar-refractivity contribution in [1.29, 1.82) is 0 Å². The van der Waals surface area contributed by atoms with E-state index >= 15 is 0 Å². The Kier molecular flexibility index (Phi) is 5.38. The summed E-state index contributed by atoms with van der Waals surface area (Å²) in [5, 5.41) is 3.44. The van der Waals surface area contributed by atoms with E-state index in [2.05, 4.69) is 44.1 Å². The van der Waals surface area contributed by atoms with Crippen LogP contribution in [0.2, 0.25) is 0 Å². The Hall–Kier alpha value is -1.13. The fraction of sp³-hybridized carbons (Fsp3) is 0.562. The van der Waals surface area contributed by atoms with E-state index in [-0.39, 0.29) is 0 Å². The van der Waals surface area contributed by atoms with Crippen LogP contribution in [0.1, 0.15) is 36.6 Å². The van der Waals surface area contributed by atoms with Gasteiger partial charge in [-0.3, -0.25) is 0 Å². The van der Waals surface area contributed by atoms with Crippen molar-refractivity contribution in [3.8, 4) is 10.6 Å². The molecule has 0 fully saturated rings. The van der Waals surface area contributed by atoms with Crippen LogP contribution in [-0.4, -0.2) is 18.1 Å². The van der Waals surface area contributed by atoms with E-state index in [0.717, 1.165) is 37.6 Å². The Labute approximate surface area is 125 Å². The molecular formula is C16H24N2OS. The first kappa shape index (κ1) is 15.3. The zero-order valence-electron chi connectivity index (χ0n) is 12.8. The maximum Gasteiger partial charge on any atom is 0.194 e. The summed E-state index contributed by atoms with van der Waals surface area (Å²) in [7, 11) is 0. The summed E-state index contributed by atoms with van der Waals surface area (Å²) in [6.45, 7) is 10.8. The van der Waals surface area contributed by atoms with Gasteiger partial charge in [0.2, 0.25) is 0 Å². The highest BCUT2D eigenvalue weighted by molar-refractivity contribution is 7.15. The number of thiophene rings is 1. The third-order valence-corrected chi connectivity index (χ3v) is 4.43. The first-order chi connectivity index (χ1) is 9.56. The fourth-order valence-corrected chi connectivity index (χ4v) is 2.97. The van der Waals surface area contributed by atoms with Crippen molar-refractivity contribution in [3.63, 3.8) is 0 Å². The van der Waals surface area contributed by atoms with Crippen molar-refractivity contribution < 1.29 is 4.42 Å². The predicted octanol–water partition coefficient (Wildman–Crippen LogP) is 4.20. The molecule has 2 aromatic heterocycles. The summed E-state index contributed by atoms with van der Waals surface area (Å²) >= 11 is 1.77. The highest BCUT2D eigenvalue weighted by Gasteiger charge is 2.10. The topological polar surface area (TPSA) is 38.1 Å². The van der Waals surface area contributed by atoms with Gasteiger partial charge in [-0.1, -0.05) is 13.8 Å². The summed E-state index contributed by atoms with van der Waals surface area (Å²) < 4.78 is 5.84. The minimum Gasteiger partial charge on any atom is -0.440 e. The van der Waals surface area contributed by atoms with Gasteiger partial charge in [-0.15, -0.1) is 11.3 Å². The predicted molar refractivity (Wildman–Crippen MR) is 85.3 cm³/mol. The van der Waals surface area contributed by atoms with Gasteiger partial charge in [-0.25, -0.2) is 4.98 Å². The molecule has 2 aromatic rings. The minimum absolute atomic E-state index is 0.702. The normalized spacial score (nSPS) is 11.4. The Morgan fingerprint density at radius 1 is 1.35 bits per heavy atom. The standard InChI is InChI=1S/C16H24N2OS/c1-11(2)9-17-7-5-6-16-18-10-14(19-16)15-8-12(3)13(4)20-15/h8,10-11,17H,5-7,9H2,1-4H3. The van der Waals surface area contributed by atoms with Gasteiger partial charge < -0.3 is 9.73 Å². The molecule has 2 rings (SSSR count). The molecule has 3 nitrogen and oxygen atoms in total. The maximum atomic E-state index is 5.84. The summed E-state index contributed by atoms with van der Waals surface area (Å²) in [6, 6.07) is 2.18. The van der Waals surface area contributed by atoms with Gasteiger partial charge in [0.1, 0.15) is 0 Å². The Morgan fingerprint density at radius 2 is 2.15 bits per heavy atom. The van der Waals surface area contributed by atoms with E-state index in [1.807, 2.05) is 6.20 Å². The van der Waals surface area contributed by atoms with Crippen molar-refractivity contribution in [2.75, 3.05) is 13.1 Å². The van der Waals surface area contributed by atoms with Gasteiger partial charge in [0.25, 0.3) is 0 Å². The van der Waals surface area contributed by atoms with E-state index in [0.29, 0.717) is 5.92 Å². The van der Waals surface area contributed by atoms with E-state index in [9.17, 15) is 0 Å². The Morgan fingerprint density at radius 3 is 2.80 bits per heavy atom. The van der Waals surface area contributed by atoms with Gasteiger partial charge in [0.15, 0.2) is 11.7 Å². The van der Waals surface area contributed by atoms with Crippen molar-refractivity contribution in [3.05, 3.63) is 28.6 Å². The average molecular weight is 292 g/mol. The van der Waals surface area contributed by atoms with Gasteiger partial charge in [0, 0.05) is 11.3 Å². The molecule has 4 heteroatoms. The maximum absolute atomic E-state index is 5.84. The molecule has 0 amide bonds. The van der Waals surface area contributed by atoms with Crippen molar-refractivity contribution in [1.82, 2.24) is 10.3 Å². The fourth-order valence-electron chi connectivity index (χ4n) is 1.99. The number of hydrogen-bond acceptors (Lipinski definition) is 4. The summed E-state index contributed by atoms with van der Waals surface area (Å²) in [6.07, 6.45) is 3.81. The van der Waals surface area contributed by atoms with Crippen LogP contribution in [0.5, 0.6) is 0 Å². The molecule has 110 valence electrons. The summed E-state index contributed by atoms with van der Waals surface area (Å²) in [5.74, 6) is 2.44. The SMILES string of the molecule is Cc1cc(-c2cnc(CCCNCC(C)C)o2)sc1C. The van der Waals surface area contributed by atoms with Crippen LogP contribution < -0.4 is 5.32 Å². The number of nitrogens with zero attached hydrogens (tertiary/aromatic N) is 1. The lowest BCUT2D eigenvalue weighted by Gasteiger charge is -2.05. The Bertz CT molecular complexity index is 523. The molecule has 0 aliphatic rings. The van der Waals surface area contributed by atoms with Crippen molar-refractivity contribution >= 4 is 11.3 Å². The van der Waals surface area contributed by atoms with Crippen LogP contribution >= 0.6 is 11.3 Å². The molecule has 1 N–H and O–H groups in total. The van der Waals surface area contributed by atoms with Gasteiger partial charge in [0.05, 0.1) is 11.1 Å². The lowest BCUT2D eigenvalue weighted by molar-refractivity contribution is 0.484. The lowest BCUT2D eigenvalue weighted by atomic mass is 10.2. The zero-order valence-corrected chi connectivity index (χ0v) is 13.6. The molecule has 0 unspecified atom stereocenters. The largest absolute Gasteiger partial charge is 0.440 e. The first-order valence-electron chi connectivity index (χ1n) is 7.29. The molecule has 0 radical (unpaired) electrons. The van der Waals surface area contributed by atoms with Crippen LogP contribution in [-0.2, 0) is 6.42 Å². The second-order valence-electron chi connectivity index (χ2n) is 5.67. The monoisotopic (exact) mass is 292 g/mol. The summed E-state index contributed by atoms with van der Waals surface area (Å²) in [5.41, 5.74) is 1.32. The third-order valence-electron chi connectivity index (χ3n) is 3.26. The smallest absolute Gasteiger partial charge is 0.194 e. The molecule has 0 aliphatic heterocycles. The minimum atomic E-state index is 0.702. The second-order valence-corrected chi connectivity index (χ2v) is 6.93. The second kappa shape index (κ2) is 7.04. The highest BCUT2D eigenvalue weighted by atomic mass is 32.1. The summed E-state index contributed by atoms with van der Waals surface area (Å²) in [4.78, 5) is 6.90. The number of hydrogen-bond donors (Lipinski definition) is 1. The lowest BCUT2D eigenvalue weighted by Crippen LogP contribution is -2.21. The molecule has 0 aliphatic carbocycles. The van der Waals surface area contributed by atoms with Crippen LogP contribution in [0.25, 0.3) is 10.6 Å². The third kappa shape index (κ3) is 4.18. The van der Waals surface area contributed by atoms with Crippen molar-refractivity contribution in [2.45, 2.75) is 40.5 Å². The van der Waals surface area contributed by atoms with E-state index in [1.54, 1.807) is 11.3 Å². The van der Waals surface area contributed by atoms with Crippen LogP contribution in [0.4, 0.5) is 0 Å². The van der Waals surface area contributed by atoms with E-state index < -0.39 is 0 Å². The molecular weight excluding hydrogens is 268 g/mol. The van der Waals surface area contributed by atoms with Crippen LogP contribution in [0.3, 0.4) is 0 Å².